The van der Waals surface area contributed by atoms with E-state index in [2.05, 4.69) is 9.97 Å². The van der Waals surface area contributed by atoms with E-state index in [1.807, 2.05) is 13.8 Å². The van der Waals surface area contributed by atoms with Crippen LogP contribution < -0.4 is 5.73 Å². The van der Waals surface area contributed by atoms with Crippen LogP contribution in [-0.2, 0) is 6.42 Å². The molecule has 94 valence electrons. The second kappa shape index (κ2) is 5.12. The highest BCUT2D eigenvalue weighted by Crippen LogP contribution is 2.26. The smallest absolute Gasteiger partial charge is 0.161 e. The van der Waals surface area contributed by atoms with Gasteiger partial charge in [-0.15, -0.1) is 0 Å². The SMILES string of the molecule is CCc1nc(-c2cc(Cl)cc(Cl)c2)nc(N)c1C. The third kappa shape index (κ3) is 2.57. The summed E-state index contributed by atoms with van der Waals surface area (Å²) >= 11 is 11.9. The van der Waals surface area contributed by atoms with E-state index >= 15 is 0 Å². The number of rotatable bonds is 2. The molecule has 2 rings (SSSR count). The Kier molecular flexibility index (Phi) is 3.73. The van der Waals surface area contributed by atoms with Crippen LogP contribution in [0.5, 0.6) is 0 Å². The van der Waals surface area contributed by atoms with Crippen molar-refractivity contribution in [2.75, 3.05) is 5.73 Å². The molecule has 0 unspecified atom stereocenters. The fourth-order valence-electron chi connectivity index (χ4n) is 1.74. The summed E-state index contributed by atoms with van der Waals surface area (Å²) in [4.78, 5) is 8.78. The van der Waals surface area contributed by atoms with E-state index in [0.717, 1.165) is 23.2 Å². The number of nitrogen functional groups attached to an aromatic ring is 1. The number of anilines is 1. The fourth-order valence-corrected chi connectivity index (χ4v) is 2.26. The Labute approximate surface area is 116 Å². The number of hydrogen-bond acceptors (Lipinski definition) is 3. The lowest BCUT2D eigenvalue weighted by atomic mass is 10.1. The van der Waals surface area contributed by atoms with E-state index in [-0.39, 0.29) is 0 Å². The van der Waals surface area contributed by atoms with Gasteiger partial charge in [0.05, 0.1) is 0 Å². The molecule has 3 nitrogen and oxygen atoms in total. The van der Waals surface area contributed by atoms with Gasteiger partial charge in [-0.2, -0.15) is 0 Å². The fraction of sp³-hybridized carbons (Fsp3) is 0.231. The van der Waals surface area contributed by atoms with Crippen LogP contribution in [0.4, 0.5) is 5.82 Å². The number of aromatic nitrogens is 2. The summed E-state index contributed by atoms with van der Waals surface area (Å²) in [5, 5.41) is 1.11. The average molecular weight is 282 g/mol. The largest absolute Gasteiger partial charge is 0.383 e. The monoisotopic (exact) mass is 281 g/mol. The minimum Gasteiger partial charge on any atom is -0.383 e. The van der Waals surface area contributed by atoms with Gasteiger partial charge in [-0.1, -0.05) is 30.1 Å². The molecule has 0 amide bonds. The van der Waals surface area contributed by atoms with Gasteiger partial charge in [-0.3, -0.25) is 0 Å². The minimum absolute atomic E-state index is 0.493. The van der Waals surface area contributed by atoms with Crippen molar-refractivity contribution >= 4 is 29.0 Å². The number of halogens is 2. The molecule has 2 aromatic rings. The second-order valence-corrected chi connectivity index (χ2v) is 4.89. The van der Waals surface area contributed by atoms with Gasteiger partial charge >= 0.3 is 0 Å². The molecular formula is C13H13Cl2N3. The van der Waals surface area contributed by atoms with Crippen molar-refractivity contribution in [3.8, 4) is 11.4 Å². The predicted molar refractivity (Wildman–Crippen MR) is 76.0 cm³/mol. The maximum absolute atomic E-state index is 5.97. The first-order valence-electron chi connectivity index (χ1n) is 5.60. The summed E-state index contributed by atoms with van der Waals surface area (Å²) < 4.78 is 0. The number of aryl methyl sites for hydroxylation is 1. The lowest BCUT2D eigenvalue weighted by Crippen LogP contribution is -2.04. The molecule has 2 N–H and O–H groups in total. The Bertz CT molecular complexity index is 577. The highest BCUT2D eigenvalue weighted by Gasteiger charge is 2.10. The quantitative estimate of drug-likeness (QED) is 0.908. The van der Waals surface area contributed by atoms with Gasteiger partial charge in [-0.05, 0) is 31.5 Å². The highest BCUT2D eigenvalue weighted by atomic mass is 35.5. The molecule has 0 spiro atoms. The molecule has 0 fully saturated rings. The van der Waals surface area contributed by atoms with Crippen molar-refractivity contribution in [2.24, 2.45) is 0 Å². The predicted octanol–water partition coefficient (Wildman–Crippen LogP) is 3.90. The molecule has 1 aromatic heterocycles. The van der Waals surface area contributed by atoms with E-state index in [0.29, 0.717) is 21.7 Å². The zero-order valence-corrected chi connectivity index (χ0v) is 11.7. The van der Waals surface area contributed by atoms with Gasteiger partial charge in [0.15, 0.2) is 5.82 Å². The summed E-state index contributed by atoms with van der Waals surface area (Å²) in [5.74, 6) is 1.05. The average Bonchev–Trinajstić information content (AvgIpc) is 2.31. The zero-order chi connectivity index (χ0) is 13.3. The van der Waals surface area contributed by atoms with Gasteiger partial charge in [0, 0.05) is 26.9 Å². The van der Waals surface area contributed by atoms with E-state index in [1.165, 1.54) is 0 Å². The number of benzene rings is 1. The summed E-state index contributed by atoms with van der Waals surface area (Å²) in [5.41, 5.74) is 8.53. The molecule has 1 aromatic carbocycles. The molecule has 0 saturated heterocycles. The lowest BCUT2D eigenvalue weighted by molar-refractivity contribution is 0.982. The summed E-state index contributed by atoms with van der Waals surface area (Å²) in [6.45, 7) is 3.95. The van der Waals surface area contributed by atoms with Gasteiger partial charge in [0.1, 0.15) is 5.82 Å². The number of nitrogens with zero attached hydrogens (tertiary/aromatic N) is 2. The molecule has 0 aliphatic carbocycles. The van der Waals surface area contributed by atoms with Crippen molar-refractivity contribution in [3.63, 3.8) is 0 Å². The lowest BCUT2D eigenvalue weighted by Gasteiger charge is -2.09. The highest BCUT2D eigenvalue weighted by molar-refractivity contribution is 6.35. The van der Waals surface area contributed by atoms with Crippen LogP contribution in [0.15, 0.2) is 18.2 Å². The third-order valence-electron chi connectivity index (χ3n) is 2.74. The van der Waals surface area contributed by atoms with Crippen LogP contribution in [0.1, 0.15) is 18.2 Å². The molecule has 5 heteroatoms. The Morgan fingerprint density at radius 3 is 2.28 bits per heavy atom. The normalized spacial score (nSPS) is 10.7. The van der Waals surface area contributed by atoms with Crippen LogP contribution in [0, 0.1) is 6.92 Å². The molecule has 0 aliphatic heterocycles. The number of hydrogen-bond donors (Lipinski definition) is 1. The van der Waals surface area contributed by atoms with Crippen molar-refractivity contribution in [2.45, 2.75) is 20.3 Å². The molecule has 0 atom stereocenters. The summed E-state index contributed by atoms with van der Waals surface area (Å²) in [6.07, 6.45) is 0.805. The molecule has 0 aliphatic rings. The first-order valence-corrected chi connectivity index (χ1v) is 6.36. The first-order chi connectivity index (χ1) is 8.51. The zero-order valence-electron chi connectivity index (χ0n) is 10.2. The maximum Gasteiger partial charge on any atom is 0.161 e. The van der Waals surface area contributed by atoms with Crippen LogP contribution >= 0.6 is 23.2 Å². The van der Waals surface area contributed by atoms with Crippen LogP contribution in [-0.4, -0.2) is 9.97 Å². The van der Waals surface area contributed by atoms with Crippen molar-refractivity contribution in [1.82, 2.24) is 9.97 Å². The van der Waals surface area contributed by atoms with Crippen LogP contribution in [0.3, 0.4) is 0 Å². The van der Waals surface area contributed by atoms with Gasteiger partial charge < -0.3 is 5.73 Å². The number of nitrogens with two attached hydrogens (primary N) is 1. The minimum atomic E-state index is 0.493. The Hall–Kier alpha value is -1.32. The van der Waals surface area contributed by atoms with Gasteiger partial charge in [-0.25, -0.2) is 9.97 Å². The van der Waals surface area contributed by atoms with E-state index in [4.69, 9.17) is 28.9 Å². The summed E-state index contributed by atoms with van der Waals surface area (Å²) in [7, 11) is 0. The summed E-state index contributed by atoms with van der Waals surface area (Å²) in [6, 6.07) is 5.22. The molecule has 0 bridgehead atoms. The Morgan fingerprint density at radius 2 is 1.72 bits per heavy atom. The van der Waals surface area contributed by atoms with E-state index in [9.17, 15) is 0 Å². The van der Waals surface area contributed by atoms with Gasteiger partial charge in [0.25, 0.3) is 0 Å². The molecular weight excluding hydrogens is 269 g/mol. The van der Waals surface area contributed by atoms with Crippen molar-refractivity contribution < 1.29 is 0 Å². The standard InChI is InChI=1S/C13H13Cl2N3/c1-3-11-7(2)12(16)18-13(17-11)8-4-9(14)6-10(15)5-8/h4-6H,3H2,1-2H3,(H2,16,17,18). The first kappa shape index (κ1) is 13.1. The third-order valence-corrected chi connectivity index (χ3v) is 3.18. The van der Waals surface area contributed by atoms with E-state index in [1.54, 1.807) is 18.2 Å². The van der Waals surface area contributed by atoms with Gasteiger partial charge in [0.2, 0.25) is 0 Å². The Morgan fingerprint density at radius 1 is 1.11 bits per heavy atom. The molecule has 1 heterocycles. The van der Waals surface area contributed by atoms with Crippen LogP contribution in [0.25, 0.3) is 11.4 Å². The van der Waals surface area contributed by atoms with E-state index < -0.39 is 0 Å². The topological polar surface area (TPSA) is 51.8 Å². The molecule has 0 radical (unpaired) electrons. The maximum atomic E-state index is 5.97. The van der Waals surface area contributed by atoms with Crippen molar-refractivity contribution in [1.29, 1.82) is 0 Å². The second-order valence-electron chi connectivity index (χ2n) is 4.02. The van der Waals surface area contributed by atoms with Crippen LogP contribution in [0.2, 0.25) is 10.0 Å². The molecule has 18 heavy (non-hydrogen) atoms. The van der Waals surface area contributed by atoms with Crippen molar-refractivity contribution in [3.05, 3.63) is 39.5 Å². The Balaban J connectivity index is 2.60. The molecule has 0 saturated carbocycles.